The molecule has 1 aromatic carbocycles. The average Bonchev–Trinajstić information content (AvgIpc) is 2.91. The van der Waals surface area contributed by atoms with Crippen LogP contribution >= 0.6 is 0 Å². The summed E-state index contributed by atoms with van der Waals surface area (Å²) < 4.78 is 11.6. The molecule has 3 heterocycles. The molecule has 1 amide bonds. The van der Waals surface area contributed by atoms with Crippen LogP contribution in [0.3, 0.4) is 0 Å². The van der Waals surface area contributed by atoms with Crippen LogP contribution in [0.2, 0.25) is 0 Å². The van der Waals surface area contributed by atoms with E-state index >= 15 is 0 Å². The summed E-state index contributed by atoms with van der Waals surface area (Å²) in [6.45, 7) is 4.62. The van der Waals surface area contributed by atoms with Crippen molar-refractivity contribution in [3.8, 4) is 0 Å². The topological polar surface area (TPSA) is 89.7 Å². The summed E-state index contributed by atoms with van der Waals surface area (Å²) in [5.74, 6) is 0.451. The molecule has 1 aliphatic rings. The van der Waals surface area contributed by atoms with Crippen LogP contribution in [-0.2, 0) is 4.79 Å². The van der Waals surface area contributed by atoms with Crippen molar-refractivity contribution in [3.63, 3.8) is 0 Å². The van der Waals surface area contributed by atoms with Crippen LogP contribution in [0.15, 0.2) is 31.8 Å². The number of carbonyl (C=O) groups excluding carboxylic acids is 1. The van der Waals surface area contributed by atoms with Crippen molar-refractivity contribution in [1.82, 2.24) is 0 Å². The molecule has 1 atom stereocenters. The molecule has 1 saturated heterocycles. The number of hydrogen-bond donors (Lipinski definition) is 1. The van der Waals surface area contributed by atoms with Gasteiger partial charge in [-0.3, -0.25) is 4.79 Å². The van der Waals surface area contributed by atoms with Gasteiger partial charge in [0.1, 0.15) is 11.3 Å². The number of nitrogens with zero attached hydrogens (tertiary/aromatic N) is 1. The molecule has 0 spiro atoms. The first-order valence-electron chi connectivity index (χ1n) is 8.97. The first-order chi connectivity index (χ1) is 12.5. The van der Waals surface area contributed by atoms with Gasteiger partial charge in [0.2, 0.25) is 5.91 Å². The Kier molecular flexibility index (Phi) is 3.98. The number of anilines is 1. The lowest BCUT2D eigenvalue weighted by molar-refractivity contribution is -0.118. The molecule has 3 aromatic rings. The first kappa shape index (κ1) is 16.7. The quantitative estimate of drug-likeness (QED) is 0.728. The molecule has 2 N–H and O–H groups in total. The van der Waals surface area contributed by atoms with E-state index in [0.717, 1.165) is 53.6 Å². The maximum absolute atomic E-state index is 12.0. The van der Waals surface area contributed by atoms with E-state index in [9.17, 15) is 9.59 Å². The Balaban J connectivity index is 1.99. The largest absolute Gasteiger partial charge is 0.459 e. The fourth-order valence-electron chi connectivity index (χ4n) is 4.15. The number of hydrogen-bond acceptors (Lipinski definition) is 5. The van der Waals surface area contributed by atoms with Gasteiger partial charge < -0.3 is 19.5 Å². The summed E-state index contributed by atoms with van der Waals surface area (Å²) in [6.07, 6.45) is 3.32. The second-order valence-corrected chi connectivity index (χ2v) is 7.08. The summed E-state index contributed by atoms with van der Waals surface area (Å²) in [4.78, 5) is 25.7. The zero-order valence-electron chi connectivity index (χ0n) is 15.0. The molecular weight excluding hydrogens is 332 g/mol. The molecule has 1 unspecified atom stereocenters. The lowest BCUT2D eigenvalue weighted by atomic mass is 9.97. The SMILES string of the molecule is Cc1oc2ccc3c(C)cc(=O)oc3c2c1N1CCCCC1CC(N)=O. The van der Waals surface area contributed by atoms with Gasteiger partial charge in [0.05, 0.1) is 11.1 Å². The maximum Gasteiger partial charge on any atom is 0.336 e. The number of carbonyl (C=O) groups is 1. The van der Waals surface area contributed by atoms with Gasteiger partial charge in [-0.05, 0) is 50.8 Å². The predicted molar refractivity (Wildman–Crippen MR) is 101 cm³/mol. The van der Waals surface area contributed by atoms with E-state index in [1.54, 1.807) is 0 Å². The van der Waals surface area contributed by atoms with Gasteiger partial charge in [0, 0.05) is 30.5 Å². The third kappa shape index (κ3) is 2.66. The Labute approximate surface area is 150 Å². The smallest absolute Gasteiger partial charge is 0.336 e. The molecule has 4 rings (SSSR count). The second kappa shape index (κ2) is 6.20. The average molecular weight is 354 g/mol. The minimum absolute atomic E-state index is 0.0348. The van der Waals surface area contributed by atoms with Gasteiger partial charge >= 0.3 is 5.63 Å². The summed E-state index contributed by atoms with van der Waals surface area (Å²) >= 11 is 0. The second-order valence-electron chi connectivity index (χ2n) is 7.08. The number of aryl methyl sites for hydroxylation is 2. The van der Waals surface area contributed by atoms with Crippen LogP contribution in [0, 0.1) is 13.8 Å². The zero-order valence-corrected chi connectivity index (χ0v) is 15.0. The fourth-order valence-corrected chi connectivity index (χ4v) is 4.15. The molecule has 6 nitrogen and oxygen atoms in total. The summed E-state index contributed by atoms with van der Waals surface area (Å²) in [7, 11) is 0. The third-order valence-electron chi connectivity index (χ3n) is 5.27. The van der Waals surface area contributed by atoms with E-state index in [-0.39, 0.29) is 17.6 Å². The number of amides is 1. The number of rotatable bonds is 3. The first-order valence-corrected chi connectivity index (χ1v) is 8.97. The van der Waals surface area contributed by atoms with E-state index in [0.29, 0.717) is 17.6 Å². The van der Waals surface area contributed by atoms with Crippen molar-refractivity contribution < 1.29 is 13.6 Å². The summed E-state index contributed by atoms with van der Waals surface area (Å²) in [5.41, 5.74) is 8.10. The number of piperidine rings is 1. The molecule has 0 aliphatic carbocycles. The molecular formula is C20H22N2O4. The fraction of sp³-hybridized carbons (Fsp3) is 0.400. The molecule has 26 heavy (non-hydrogen) atoms. The number of fused-ring (bicyclic) bond motifs is 3. The minimum Gasteiger partial charge on any atom is -0.459 e. The van der Waals surface area contributed by atoms with Crippen LogP contribution in [-0.4, -0.2) is 18.5 Å². The molecule has 2 aromatic heterocycles. The van der Waals surface area contributed by atoms with E-state index in [1.165, 1.54) is 6.07 Å². The lowest BCUT2D eigenvalue weighted by Crippen LogP contribution is -2.42. The van der Waals surface area contributed by atoms with Crippen molar-refractivity contribution in [2.75, 3.05) is 11.4 Å². The number of furan rings is 1. The lowest BCUT2D eigenvalue weighted by Gasteiger charge is -2.36. The number of benzene rings is 1. The molecule has 0 radical (unpaired) electrons. The van der Waals surface area contributed by atoms with Gasteiger partial charge in [-0.25, -0.2) is 4.79 Å². The predicted octanol–water partition coefficient (Wildman–Crippen LogP) is 3.39. The highest BCUT2D eigenvalue weighted by atomic mass is 16.4. The monoisotopic (exact) mass is 354 g/mol. The Morgan fingerprint density at radius 3 is 2.85 bits per heavy atom. The maximum atomic E-state index is 12.0. The molecule has 136 valence electrons. The van der Waals surface area contributed by atoms with Crippen molar-refractivity contribution in [2.24, 2.45) is 5.73 Å². The molecule has 6 heteroatoms. The van der Waals surface area contributed by atoms with Crippen molar-refractivity contribution in [3.05, 3.63) is 39.9 Å². The molecule has 1 aliphatic heterocycles. The summed E-state index contributed by atoms with van der Waals surface area (Å²) in [5, 5.41) is 1.69. The number of nitrogens with two attached hydrogens (primary N) is 1. The van der Waals surface area contributed by atoms with Crippen LogP contribution < -0.4 is 16.3 Å². The van der Waals surface area contributed by atoms with Crippen molar-refractivity contribution in [2.45, 2.75) is 45.6 Å². The van der Waals surface area contributed by atoms with Crippen LogP contribution in [0.5, 0.6) is 0 Å². The molecule has 1 fully saturated rings. The highest BCUT2D eigenvalue weighted by molar-refractivity contribution is 6.10. The van der Waals surface area contributed by atoms with Crippen molar-refractivity contribution >= 4 is 33.5 Å². The van der Waals surface area contributed by atoms with Gasteiger partial charge in [-0.2, -0.15) is 0 Å². The van der Waals surface area contributed by atoms with Gasteiger partial charge in [0.15, 0.2) is 5.58 Å². The highest BCUT2D eigenvalue weighted by Crippen LogP contribution is 2.41. The van der Waals surface area contributed by atoms with E-state index in [1.807, 2.05) is 26.0 Å². The van der Waals surface area contributed by atoms with Crippen LogP contribution in [0.1, 0.15) is 37.0 Å². The zero-order chi connectivity index (χ0) is 18.4. The van der Waals surface area contributed by atoms with E-state index < -0.39 is 0 Å². The summed E-state index contributed by atoms with van der Waals surface area (Å²) in [6, 6.07) is 5.36. The van der Waals surface area contributed by atoms with Crippen LogP contribution in [0.4, 0.5) is 5.69 Å². The Morgan fingerprint density at radius 2 is 2.08 bits per heavy atom. The Bertz CT molecular complexity index is 1060. The Morgan fingerprint density at radius 1 is 1.27 bits per heavy atom. The third-order valence-corrected chi connectivity index (χ3v) is 5.27. The van der Waals surface area contributed by atoms with Crippen LogP contribution in [0.25, 0.3) is 21.9 Å². The normalized spacial score (nSPS) is 17.9. The standard InChI is InChI=1S/C20H22N2O4/c1-11-9-17(24)26-20-14(11)6-7-15-18(20)19(12(2)25-15)22-8-4-3-5-13(22)10-16(21)23/h6-7,9,13H,3-5,8,10H2,1-2H3,(H2,21,23). The van der Waals surface area contributed by atoms with Crippen molar-refractivity contribution in [1.29, 1.82) is 0 Å². The highest BCUT2D eigenvalue weighted by Gasteiger charge is 2.29. The van der Waals surface area contributed by atoms with Gasteiger partial charge in [-0.15, -0.1) is 0 Å². The molecule has 0 saturated carbocycles. The molecule has 0 bridgehead atoms. The van der Waals surface area contributed by atoms with E-state index in [4.69, 9.17) is 14.6 Å². The van der Waals surface area contributed by atoms with E-state index in [2.05, 4.69) is 4.90 Å². The number of primary amides is 1. The van der Waals surface area contributed by atoms with Gasteiger partial charge in [0.25, 0.3) is 0 Å². The van der Waals surface area contributed by atoms with Gasteiger partial charge in [-0.1, -0.05) is 0 Å². The Hall–Kier alpha value is -2.76. The minimum atomic E-state index is -0.375.